The van der Waals surface area contributed by atoms with E-state index in [1.165, 1.54) is 16.7 Å². The number of hydrogen-bond donors (Lipinski definition) is 1. The number of rotatable bonds is 8. The summed E-state index contributed by atoms with van der Waals surface area (Å²) in [5, 5.41) is 12.7. The molecule has 182 valence electrons. The second-order valence-corrected chi connectivity index (χ2v) is 10.2. The lowest BCUT2D eigenvalue weighted by atomic mass is 10.1. The Morgan fingerprint density at radius 1 is 1.06 bits per heavy atom. The first-order chi connectivity index (χ1) is 17.5. The summed E-state index contributed by atoms with van der Waals surface area (Å²) < 4.78 is 6.13. The van der Waals surface area contributed by atoms with Gasteiger partial charge in [-0.1, -0.05) is 70.2 Å². The van der Waals surface area contributed by atoms with Crippen LogP contribution in [0, 0.1) is 11.3 Å². The maximum Gasteiger partial charge on any atom is 0.264 e. The zero-order chi connectivity index (χ0) is 25.5. The van der Waals surface area contributed by atoms with E-state index in [-0.39, 0.29) is 11.5 Å². The van der Waals surface area contributed by atoms with E-state index >= 15 is 0 Å². The van der Waals surface area contributed by atoms with Crippen molar-refractivity contribution in [1.29, 1.82) is 5.26 Å². The highest BCUT2D eigenvalue weighted by molar-refractivity contribution is 9.10. The summed E-state index contributed by atoms with van der Waals surface area (Å²) in [5.74, 6) is 0.121. The fourth-order valence-corrected chi connectivity index (χ4v) is 5.41. The third-order valence-electron chi connectivity index (χ3n) is 5.71. The molecule has 0 bridgehead atoms. The van der Waals surface area contributed by atoms with E-state index in [2.05, 4.69) is 21.2 Å². The molecule has 8 heteroatoms. The fourth-order valence-electron chi connectivity index (χ4n) is 3.83. The largest absolute Gasteiger partial charge is 0.497 e. The number of benzene rings is 3. The molecule has 2 amide bonds. The smallest absolute Gasteiger partial charge is 0.264 e. The molecule has 3 aromatic carbocycles. The van der Waals surface area contributed by atoms with Crippen LogP contribution in [-0.2, 0) is 22.4 Å². The van der Waals surface area contributed by atoms with Crippen molar-refractivity contribution < 1.29 is 14.3 Å². The number of anilines is 1. The van der Waals surface area contributed by atoms with Gasteiger partial charge in [-0.25, -0.2) is 0 Å². The van der Waals surface area contributed by atoms with Crippen LogP contribution < -0.4 is 15.0 Å². The Kier molecular flexibility index (Phi) is 8.47. The van der Waals surface area contributed by atoms with Crippen LogP contribution in [-0.4, -0.2) is 30.7 Å². The molecule has 1 saturated heterocycles. The average Bonchev–Trinajstić information content (AvgIpc) is 3.22. The first kappa shape index (κ1) is 25.5. The summed E-state index contributed by atoms with van der Waals surface area (Å²) in [7, 11) is 1.61. The van der Waals surface area contributed by atoms with Gasteiger partial charge in [0.25, 0.3) is 5.91 Å². The molecule has 0 aliphatic carbocycles. The lowest BCUT2D eigenvalue weighted by Gasteiger charge is -2.18. The number of methoxy groups -OCH3 is 1. The lowest BCUT2D eigenvalue weighted by molar-refractivity contribution is -0.117. The molecule has 1 fully saturated rings. The van der Waals surface area contributed by atoms with Gasteiger partial charge in [-0.3, -0.25) is 14.5 Å². The molecule has 0 radical (unpaired) electrons. The monoisotopic (exact) mass is 561 g/mol. The van der Waals surface area contributed by atoms with Crippen molar-refractivity contribution in [2.75, 3.05) is 18.6 Å². The minimum absolute atomic E-state index is 0.0646. The molecular formula is C28H24BrN3O3S. The predicted molar refractivity (Wildman–Crippen MR) is 145 cm³/mol. The van der Waals surface area contributed by atoms with Gasteiger partial charge < -0.3 is 10.1 Å². The summed E-state index contributed by atoms with van der Waals surface area (Å²) in [6, 6.07) is 26.6. The summed E-state index contributed by atoms with van der Waals surface area (Å²) in [4.78, 5) is 28.1. The normalized spacial score (nSPS) is 16.4. The molecule has 1 heterocycles. The van der Waals surface area contributed by atoms with Crippen LogP contribution in [0.15, 0.2) is 93.9 Å². The molecule has 1 aliphatic rings. The SMILES string of the molecule is COc1ccc(CCNC(=O)/C(C#N)=C2\SC(Cc3ccc(Br)cc3)C(=O)N2c2ccccc2)cc1. The van der Waals surface area contributed by atoms with Gasteiger partial charge in [0.2, 0.25) is 5.91 Å². The lowest BCUT2D eigenvalue weighted by Crippen LogP contribution is -2.32. The van der Waals surface area contributed by atoms with Gasteiger partial charge in [-0.15, -0.1) is 0 Å². The molecule has 0 spiro atoms. The zero-order valence-electron chi connectivity index (χ0n) is 19.6. The number of hydrogen-bond acceptors (Lipinski definition) is 5. The van der Waals surface area contributed by atoms with Crippen molar-refractivity contribution >= 4 is 45.2 Å². The Hall–Kier alpha value is -3.54. The van der Waals surface area contributed by atoms with Gasteiger partial charge in [0.1, 0.15) is 22.4 Å². The average molecular weight is 562 g/mol. The summed E-state index contributed by atoms with van der Waals surface area (Å²) in [6.45, 7) is 0.357. The highest BCUT2D eigenvalue weighted by Gasteiger charge is 2.40. The van der Waals surface area contributed by atoms with E-state index < -0.39 is 11.2 Å². The van der Waals surface area contributed by atoms with Crippen LogP contribution in [0.2, 0.25) is 0 Å². The third-order valence-corrected chi connectivity index (χ3v) is 7.50. The van der Waals surface area contributed by atoms with Crippen LogP contribution in [0.3, 0.4) is 0 Å². The number of nitrogens with zero attached hydrogens (tertiary/aromatic N) is 2. The third kappa shape index (κ3) is 5.99. The number of para-hydroxylation sites is 1. The Morgan fingerprint density at radius 3 is 2.36 bits per heavy atom. The molecule has 1 unspecified atom stereocenters. The van der Waals surface area contributed by atoms with Crippen LogP contribution in [0.4, 0.5) is 5.69 Å². The molecule has 1 N–H and O–H groups in total. The van der Waals surface area contributed by atoms with Gasteiger partial charge >= 0.3 is 0 Å². The number of carbonyl (C=O) groups is 2. The van der Waals surface area contributed by atoms with E-state index in [4.69, 9.17) is 4.74 Å². The summed E-state index contributed by atoms with van der Waals surface area (Å²) in [6.07, 6.45) is 1.09. The molecule has 0 saturated carbocycles. The Labute approximate surface area is 223 Å². The maximum atomic E-state index is 13.5. The second kappa shape index (κ2) is 11.9. The number of ether oxygens (including phenoxy) is 1. The van der Waals surface area contributed by atoms with Crippen molar-refractivity contribution in [2.24, 2.45) is 0 Å². The van der Waals surface area contributed by atoms with Crippen LogP contribution in [0.25, 0.3) is 0 Å². The van der Waals surface area contributed by atoms with E-state index in [1.54, 1.807) is 19.2 Å². The van der Waals surface area contributed by atoms with Crippen LogP contribution in [0.1, 0.15) is 11.1 Å². The Bertz CT molecular complexity index is 1300. The summed E-state index contributed by atoms with van der Waals surface area (Å²) >= 11 is 4.69. The summed E-state index contributed by atoms with van der Waals surface area (Å²) in [5.41, 5.74) is 2.60. The predicted octanol–water partition coefficient (Wildman–Crippen LogP) is 5.24. The van der Waals surface area contributed by atoms with E-state index in [0.29, 0.717) is 30.1 Å². The molecule has 0 aromatic heterocycles. The van der Waals surface area contributed by atoms with E-state index in [9.17, 15) is 14.9 Å². The van der Waals surface area contributed by atoms with Gasteiger partial charge in [0, 0.05) is 16.7 Å². The topological polar surface area (TPSA) is 82.4 Å². The zero-order valence-corrected chi connectivity index (χ0v) is 22.0. The Morgan fingerprint density at radius 2 is 1.72 bits per heavy atom. The number of nitriles is 1. The van der Waals surface area contributed by atoms with Crippen molar-refractivity contribution in [3.8, 4) is 11.8 Å². The molecule has 6 nitrogen and oxygen atoms in total. The van der Waals surface area contributed by atoms with Crippen LogP contribution in [0.5, 0.6) is 5.75 Å². The van der Waals surface area contributed by atoms with E-state index in [0.717, 1.165) is 21.3 Å². The molecule has 36 heavy (non-hydrogen) atoms. The second-order valence-electron chi connectivity index (χ2n) is 8.09. The standard InChI is InChI=1S/C28H24BrN3O3S/c1-35-23-13-9-19(10-14-23)15-16-31-26(33)24(18-30)28-32(22-5-3-2-4-6-22)27(34)25(36-28)17-20-7-11-21(29)12-8-20/h2-14,25H,15-17H2,1H3,(H,31,33)/b28-24-. The fraction of sp³-hybridized carbons (Fsp3) is 0.179. The number of halogens is 1. The molecule has 3 aromatic rings. The number of thioether (sulfide) groups is 1. The van der Waals surface area contributed by atoms with Gasteiger partial charge in [0.15, 0.2) is 0 Å². The number of nitrogens with one attached hydrogen (secondary N) is 1. The van der Waals surface area contributed by atoms with Gasteiger partial charge in [0.05, 0.1) is 12.4 Å². The van der Waals surface area contributed by atoms with Crippen molar-refractivity contribution in [3.63, 3.8) is 0 Å². The minimum Gasteiger partial charge on any atom is -0.497 e. The number of amides is 2. The molecule has 1 atom stereocenters. The molecule has 1 aliphatic heterocycles. The van der Waals surface area contributed by atoms with E-state index in [1.807, 2.05) is 72.8 Å². The maximum absolute atomic E-state index is 13.5. The first-order valence-electron chi connectivity index (χ1n) is 11.4. The highest BCUT2D eigenvalue weighted by Crippen LogP contribution is 2.41. The quantitative estimate of drug-likeness (QED) is 0.300. The van der Waals surface area contributed by atoms with Crippen molar-refractivity contribution in [1.82, 2.24) is 5.32 Å². The first-order valence-corrected chi connectivity index (χ1v) is 13.0. The highest BCUT2D eigenvalue weighted by atomic mass is 79.9. The van der Waals surface area contributed by atoms with Crippen molar-refractivity contribution in [3.05, 3.63) is 105 Å². The minimum atomic E-state index is -0.494. The number of carbonyl (C=O) groups excluding carboxylic acids is 2. The van der Waals surface area contributed by atoms with Crippen molar-refractivity contribution in [2.45, 2.75) is 18.1 Å². The van der Waals surface area contributed by atoms with Gasteiger partial charge in [-0.2, -0.15) is 5.26 Å². The van der Waals surface area contributed by atoms with Crippen LogP contribution >= 0.6 is 27.7 Å². The molecule has 4 rings (SSSR count). The van der Waals surface area contributed by atoms with Gasteiger partial charge in [-0.05, 0) is 60.4 Å². The molecular weight excluding hydrogens is 538 g/mol. The Balaban J connectivity index is 1.55.